The van der Waals surface area contributed by atoms with Crippen LogP contribution in [0.25, 0.3) is 0 Å². The fourth-order valence-corrected chi connectivity index (χ4v) is 1.61. The van der Waals surface area contributed by atoms with Crippen LogP contribution in [-0.2, 0) is 14.3 Å². The number of nitrogens with zero attached hydrogens (tertiary/aromatic N) is 4. The molecule has 10 nitrogen and oxygen atoms in total. The number of tetrazole rings is 1. The van der Waals surface area contributed by atoms with E-state index in [4.69, 9.17) is 9.47 Å². The topological polar surface area (TPSA) is 120 Å². The van der Waals surface area contributed by atoms with Crippen molar-refractivity contribution in [3.05, 3.63) is 18.0 Å². The van der Waals surface area contributed by atoms with Crippen molar-refractivity contribution < 1.29 is 19.1 Å². The Morgan fingerprint density at radius 1 is 1.32 bits per heavy atom. The Balaban J connectivity index is 1.69. The van der Waals surface area contributed by atoms with Crippen LogP contribution >= 0.6 is 0 Å². The van der Waals surface area contributed by atoms with E-state index in [0.717, 1.165) is 4.80 Å². The molecule has 2 N–H and O–H groups in total. The molecule has 0 unspecified atom stereocenters. The van der Waals surface area contributed by atoms with Crippen LogP contribution in [0.1, 0.15) is 30.4 Å². The zero-order chi connectivity index (χ0) is 15.9. The molecule has 0 atom stereocenters. The summed E-state index contributed by atoms with van der Waals surface area (Å²) in [5.74, 6) is -0.715. The minimum Gasteiger partial charge on any atom is -0.352 e. The maximum absolute atomic E-state index is 11.8. The molecular weight excluding hydrogens is 292 g/mol. The van der Waals surface area contributed by atoms with Crippen LogP contribution in [0, 0.1) is 0 Å². The van der Waals surface area contributed by atoms with E-state index in [2.05, 4.69) is 32.6 Å². The van der Waals surface area contributed by atoms with Gasteiger partial charge in [-0.3, -0.25) is 9.59 Å². The molecule has 1 fully saturated rings. The number of rotatable bonds is 7. The summed E-state index contributed by atoms with van der Waals surface area (Å²) in [6.07, 6.45) is -0.153. The average molecular weight is 310 g/mol. The van der Waals surface area contributed by atoms with E-state index >= 15 is 0 Å². The van der Waals surface area contributed by atoms with Crippen molar-refractivity contribution in [1.82, 2.24) is 30.8 Å². The van der Waals surface area contributed by atoms with Gasteiger partial charge in [-0.05, 0) is 18.6 Å². The van der Waals surface area contributed by atoms with Crippen LogP contribution in [0.2, 0.25) is 0 Å². The predicted octanol–water partition coefficient (Wildman–Crippen LogP) is -1.01. The standard InChI is InChI=1S/C12H18N6O4/c1-8(2)10(19)13-4-3-5-14-11(20)9-15-17-18(16-9)12-21-6-7-22-12/h12H,1,3-7H2,2H3,(H,13,19)(H,14,20). The molecule has 0 aromatic carbocycles. The first kappa shape index (κ1) is 16.0. The molecule has 2 rings (SSSR count). The highest BCUT2D eigenvalue weighted by Crippen LogP contribution is 2.12. The lowest BCUT2D eigenvalue weighted by molar-refractivity contribution is -0.119. The quantitative estimate of drug-likeness (QED) is 0.489. The molecule has 0 spiro atoms. The lowest BCUT2D eigenvalue weighted by atomic mass is 10.3. The number of nitrogens with one attached hydrogen (secondary N) is 2. The summed E-state index contributed by atoms with van der Waals surface area (Å²) in [7, 11) is 0. The average Bonchev–Trinajstić information content (AvgIpc) is 3.16. The SMILES string of the molecule is C=C(C)C(=O)NCCCNC(=O)c1nnn(C2OCCO2)n1. The van der Waals surface area contributed by atoms with Gasteiger partial charge in [0.05, 0.1) is 13.2 Å². The Labute approximate surface area is 126 Å². The van der Waals surface area contributed by atoms with Gasteiger partial charge in [-0.25, -0.2) is 0 Å². The van der Waals surface area contributed by atoms with Crippen molar-refractivity contribution in [2.45, 2.75) is 19.8 Å². The highest BCUT2D eigenvalue weighted by Gasteiger charge is 2.22. The molecule has 0 bridgehead atoms. The summed E-state index contributed by atoms with van der Waals surface area (Å²) in [4.78, 5) is 24.1. The fraction of sp³-hybridized carbons (Fsp3) is 0.583. The molecule has 1 aliphatic rings. The molecule has 10 heteroatoms. The predicted molar refractivity (Wildman–Crippen MR) is 73.5 cm³/mol. The second-order valence-electron chi connectivity index (χ2n) is 4.63. The third kappa shape index (κ3) is 4.33. The zero-order valence-corrected chi connectivity index (χ0v) is 12.2. The lowest BCUT2D eigenvalue weighted by Gasteiger charge is -2.05. The summed E-state index contributed by atoms with van der Waals surface area (Å²) in [5.41, 5.74) is 0.446. The van der Waals surface area contributed by atoms with Crippen LogP contribution < -0.4 is 10.6 Å². The van der Waals surface area contributed by atoms with Gasteiger partial charge in [0.15, 0.2) is 0 Å². The Morgan fingerprint density at radius 3 is 2.68 bits per heavy atom. The summed E-state index contributed by atoms with van der Waals surface area (Å²) < 4.78 is 10.4. The van der Waals surface area contributed by atoms with E-state index in [0.29, 0.717) is 38.3 Å². The Kier molecular flexibility index (Phi) is 5.55. The molecule has 22 heavy (non-hydrogen) atoms. The van der Waals surface area contributed by atoms with Gasteiger partial charge in [0.25, 0.3) is 18.1 Å². The number of amides is 2. The number of ether oxygens (including phenoxy) is 2. The minimum atomic E-state index is -0.730. The first-order valence-corrected chi connectivity index (χ1v) is 6.82. The largest absolute Gasteiger partial charge is 0.352 e. The maximum atomic E-state index is 11.8. The molecule has 1 aromatic rings. The van der Waals surface area contributed by atoms with Gasteiger partial charge in [-0.15, -0.1) is 15.0 Å². The number of carbonyl (C=O) groups is 2. The van der Waals surface area contributed by atoms with Crippen molar-refractivity contribution in [1.29, 1.82) is 0 Å². The second kappa shape index (κ2) is 7.61. The lowest BCUT2D eigenvalue weighted by Crippen LogP contribution is -2.30. The molecule has 1 aromatic heterocycles. The van der Waals surface area contributed by atoms with Crippen molar-refractivity contribution in [2.75, 3.05) is 26.3 Å². The summed E-state index contributed by atoms with van der Waals surface area (Å²) in [5, 5.41) is 16.5. The van der Waals surface area contributed by atoms with Crippen molar-refractivity contribution in [3.63, 3.8) is 0 Å². The first-order chi connectivity index (χ1) is 10.6. The van der Waals surface area contributed by atoms with Crippen LogP contribution in [-0.4, -0.2) is 58.3 Å². The summed E-state index contributed by atoms with van der Waals surface area (Å²) in [6, 6.07) is 0. The number of carbonyl (C=O) groups excluding carboxylic acids is 2. The molecule has 2 amide bonds. The van der Waals surface area contributed by atoms with Gasteiger partial charge in [-0.2, -0.15) is 0 Å². The second-order valence-corrected chi connectivity index (χ2v) is 4.63. The van der Waals surface area contributed by atoms with Gasteiger partial charge in [0.1, 0.15) is 0 Å². The molecule has 0 saturated carbocycles. The van der Waals surface area contributed by atoms with Crippen molar-refractivity contribution in [2.24, 2.45) is 0 Å². The van der Waals surface area contributed by atoms with E-state index in [1.54, 1.807) is 6.92 Å². The third-order valence-electron chi connectivity index (χ3n) is 2.74. The van der Waals surface area contributed by atoms with E-state index in [1.807, 2.05) is 0 Å². The van der Waals surface area contributed by atoms with E-state index in [1.165, 1.54) is 0 Å². The minimum absolute atomic E-state index is 0.0647. The van der Waals surface area contributed by atoms with Gasteiger partial charge in [0, 0.05) is 18.7 Å². The molecular formula is C12H18N6O4. The molecule has 2 heterocycles. The highest BCUT2D eigenvalue weighted by atomic mass is 16.7. The number of aromatic nitrogens is 4. The van der Waals surface area contributed by atoms with Crippen LogP contribution in [0.3, 0.4) is 0 Å². The van der Waals surface area contributed by atoms with E-state index in [9.17, 15) is 9.59 Å². The monoisotopic (exact) mass is 310 g/mol. The molecule has 0 aliphatic carbocycles. The summed E-state index contributed by atoms with van der Waals surface area (Å²) >= 11 is 0. The van der Waals surface area contributed by atoms with Crippen LogP contribution in [0.4, 0.5) is 0 Å². The van der Waals surface area contributed by atoms with Gasteiger partial charge < -0.3 is 20.1 Å². The number of hydrogen-bond acceptors (Lipinski definition) is 7. The first-order valence-electron chi connectivity index (χ1n) is 6.82. The molecule has 1 aliphatic heterocycles. The fourth-order valence-electron chi connectivity index (χ4n) is 1.61. The van der Waals surface area contributed by atoms with E-state index < -0.39 is 12.3 Å². The highest BCUT2D eigenvalue weighted by molar-refractivity contribution is 5.92. The van der Waals surface area contributed by atoms with E-state index in [-0.39, 0.29) is 11.7 Å². The molecule has 120 valence electrons. The Hall–Kier alpha value is -2.33. The van der Waals surface area contributed by atoms with Crippen molar-refractivity contribution in [3.8, 4) is 0 Å². The van der Waals surface area contributed by atoms with Crippen LogP contribution in [0.15, 0.2) is 12.2 Å². The summed E-state index contributed by atoms with van der Waals surface area (Å²) in [6.45, 7) is 6.87. The van der Waals surface area contributed by atoms with Gasteiger partial charge in [0.2, 0.25) is 5.91 Å². The maximum Gasteiger partial charge on any atom is 0.292 e. The molecule has 0 radical (unpaired) electrons. The van der Waals surface area contributed by atoms with Gasteiger partial charge in [-0.1, -0.05) is 6.58 Å². The molecule has 1 saturated heterocycles. The Bertz CT molecular complexity index is 552. The van der Waals surface area contributed by atoms with Gasteiger partial charge >= 0.3 is 0 Å². The third-order valence-corrected chi connectivity index (χ3v) is 2.74. The number of hydrogen-bond donors (Lipinski definition) is 2. The zero-order valence-electron chi connectivity index (χ0n) is 12.2. The normalized spacial score (nSPS) is 14.8. The van der Waals surface area contributed by atoms with Crippen LogP contribution in [0.5, 0.6) is 0 Å². The smallest absolute Gasteiger partial charge is 0.292 e. The van der Waals surface area contributed by atoms with Crippen molar-refractivity contribution >= 4 is 11.8 Å². The Morgan fingerprint density at radius 2 is 2.00 bits per heavy atom.